The summed E-state index contributed by atoms with van der Waals surface area (Å²) in [7, 11) is 1.30. The van der Waals surface area contributed by atoms with Crippen LogP contribution in [-0.2, 0) is 22.5 Å². The number of benzene rings is 1. The standard InChI is InChI=1S/C17H17FN2O3/c1-23-17(22)13-8-9-19-14(10-13)11-20-16(21)7-6-12-4-2-3-5-15(12)18/h2-5,8-10H,6-7,11H2,1H3,(H,20,21). The van der Waals surface area contributed by atoms with Gasteiger partial charge in [-0.1, -0.05) is 18.2 Å². The molecule has 1 N–H and O–H groups in total. The first-order valence-corrected chi connectivity index (χ1v) is 7.13. The van der Waals surface area contributed by atoms with Gasteiger partial charge in [-0.2, -0.15) is 0 Å². The van der Waals surface area contributed by atoms with Gasteiger partial charge in [0.25, 0.3) is 0 Å². The number of aromatic nitrogens is 1. The number of hydrogen-bond acceptors (Lipinski definition) is 4. The number of nitrogens with zero attached hydrogens (tertiary/aromatic N) is 1. The van der Waals surface area contributed by atoms with Crippen molar-refractivity contribution >= 4 is 11.9 Å². The third-order valence-corrected chi connectivity index (χ3v) is 3.28. The molecular formula is C17H17FN2O3. The monoisotopic (exact) mass is 316 g/mol. The average molecular weight is 316 g/mol. The summed E-state index contributed by atoms with van der Waals surface area (Å²) in [5.74, 6) is -0.981. The van der Waals surface area contributed by atoms with Crippen LogP contribution in [0, 0.1) is 5.82 Å². The molecule has 2 rings (SSSR count). The number of esters is 1. The molecule has 0 saturated heterocycles. The van der Waals surface area contributed by atoms with Gasteiger partial charge in [0.2, 0.25) is 5.91 Å². The Morgan fingerprint density at radius 3 is 2.78 bits per heavy atom. The predicted molar refractivity (Wildman–Crippen MR) is 82.1 cm³/mol. The van der Waals surface area contributed by atoms with Crippen LogP contribution in [0.2, 0.25) is 0 Å². The van der Waals surface area contributed by atoms with Crippen molar-refractivity contribution in [3.05, 3.63) is 65.2 Å². The second kappa shape index (κ2) is 8.03. The molecule has 6 heteroatoms. The van der Waals surface area contributed by atoms with Gasteiger partial charge in [0.15, 0.2) is 0 Å². The molecule has 0 atom stereocenters. The maximum Gasteiger partial charge on any atom is 0.337 e. The van der Waals surface area contributed by atoms with Crippen LogP contribution in [-0.4, -0.2) is 24.0 Å². The number of aryl methyl sites for hydroxylation is 1. The summed E-state index contributed by atoms with van der Waals surface area (Å²) in [5.41, 5.74) is 1.43. The van der Waals surface area contributed by atoms with Crippen LogP contribution in [0.25, 0.3) is 0 Å². The minimum absolute atomic E-state index is 0.178. The first-order chi connectivity index (χ1) is 11.1. The Morgan fingerprint density at radius 2 is 2.04 bits per heavy atom. The SMILES string of the molecule is COC(=O)c1ccnc(CNC(=O)CCc2ccccc2F)c1. The van der Waals surface area contributed by atoms with E-state index in [-0.39, 0.29) is 24.7 Å². The number of hydrogen-bond donors (Lipinski definition) is 1. The molecule has 1 aromatic carbocycles. The van der Waals surface area contributed by atoms with E-state index < -0.39 is 5.97 Å². The fourth-order valence-corrected chi connectivity index (χ4v) is 2.05. The summed E-state index contributed by atoms with van der Waals surface area (Å²) < 4.78 is 18.1. The Kier molecular flexibility index (Phi) is 5.80. The third-order valence-electron chi connectivity index (χ3n) is 3.28. The van der Waals surface area contributed by atoms with E-state index in [1.165, 1.54) is 25.4 Å². The molecular weight excluding hydrogens is 299 g/mol. The van der Waals surface area contributed by atoms with Gasteiger partial charge in [-0.15, -0.1) is 0 Å². The topological polar surface area (TPSA) is 68.3 Å². The summed E-state index contributed by atoms with van der Waals surface area (Å²) in [6.07, 6.45) is 1.98. The third kappa shape index (κ3) is 4.88. The first-order valence-electron chi connectivity index (χ1n) is 7.13. The number of carbonyl (C=O) groups is 2. The molecule has 0 bridgehead atoms. The molecule has 1 aromatic heterocycles. The summed E-state index contributed by atoms with van der Waals surface area (Å²) in [6, 6.07) is 9.47. The molecule has 0 fully saturated rings. The van der Waals surface area contributed by atoms with Crippen LogP contribution >= 0.6 is 0 Å². The Labute approximate surface area is 133 Å². The Balaban J connectivity index is 1.85. The van der Waals surface area contributed by atoms with E-state index in [1.807, 2.05) is 0 Å². The van der Waals surface area contributed by atoms with Crippen molar-refractivity contribution in [2.45, 2.75) is 19.4 Å². The second-order valence-corrected chi connectivity index (χ2v) is 4.90. The predicted octanol–water partition coefficient (Wildman–Crippen LogP) is 2.26. The Bertz CT molecular complexity index is 704. The molecule has 23 heavy (non-hydrogen) atoms. The van der Waals surface area contributed by atoms with Crippen molar-refractivity contribution in [2.75, 3.05) is 7.11 Å². The highest BCUT2D eigenvalue weighted by atomic mass is 19.1. The first kappa shape index (κ1) is 16.6. The minimum Gasteiger partial charge on any atom is -0.465 e. The quantitative estimate of drug-likeness (QED) is 0.830. The van der Waals surface area contributed by atoms with Gasteiger partial charge < -0.3 is 10.1 Å². The van der Waals surface area contributed by atoms with Crippen LogP contribution < -0.4 is 5.32 Å². The highest BCUT2D eigenvalue weighted by Gasteiger charge is 2.08. The van der Waals surface area contributed by atoms with Crippen LogP contribution in [0.15, 0.2) is 42.6 Å². The average Bonchev–Trinajstić information content (AvgIpc) is 2.58. The van der Waals surface area contributed by atoms with Gasteiger partial charge in [0.1, 0.15) is 5.82 Å². The molecule has 0 unspecified atom stereocenters. The molecule has 0 saturated carbocycles. The number of halogens is 1. The lowest BCUT2D eigenvalue weighted by molar-refractivity contribution is -0.121. The largest absolute Gasteiger partial charge is 0.465 e. The highest BCUT2D eigenvalue weighted by molar-refractivity contribution is 5.89. The van der Waals surface area contributed by atoms with Crippen molar-refractivity contribution in [3.63, 3.8) is 0 Å². The van der Waals surface area contributed by atoms with Gasteiger partial charge in [0.05, 0.1) is 24.9 Å². The van der Waals surface area contributed by atoms with Crippen molar-refractivity contribution < 1.29 is 18.7 Å². The van der Waals surface area contributed by atoms with Crippen molar-refractivity contribution in [1.29, 1.82) is 0 Å². The summed E-state index contributed by atoms with van der Waals surface area (Å²) in [6.45, 7) is 0.195. The summed E-state index contributed by atoms with van der Waals surface area (Å²) >= 11 is 0. The zero-order valence-corrected chi connectivity index (χ0v) is 12.7. The van der Waals surface area contributed by atoms with E-state index in [9.17, 15) is 14.0 Å². The molecule has 0 aliphatic carbocycles. The van der Waals surface area contributed by atoms with Gasteiger partial charge in [-0.05, 0) is 30.2 Å². The molecule has 0 aliphatic heterocycles. The van der Waals surface area contributed by atoms with E-state index in [0.29, 0.717) is 23.2 Å². The number of pyridine rings is 1. The zero-order chi connectivity index (χ0) is 16.7. The lowest BCUT2D eigenvalue weighted by atomic mass is 10.1. The van der Waals surface area contributed by atoms with Gasteiger partial charge in [-0.3, -0.25) is 9.78 Å². The van der Waals surface area contributed by atoms with E-state index in [1.54, 1.807) is 24.3 Å². The minimum atomic E-state index is -0.459. The molecule has 0 spiro atoms. The van der Waals surface area contributed by atoms with Gasteiger partial charge in [0, 0.05) is 12.6 Å². The molecule has 1 amide bonds. The Hall–Kier alpha value is -2.76. The number of carbonyl (C=O) groups excluding carboxylic acids is 2. The van der Waals surface area contributed by atoms with Crippen LogP contribution in [0.5, 0.6) is 0 Å². The summed E-state index contributed by atoms with van der Waals surface area (Å²) in [4.78, 5) is 27.3. The van der Waals surface area contributed by atoms with Crippen molar-refractivity contribution in [3.8, 4) is 0 Å². The van der Waals surface area contributed by atoms with E-state index >= 15 is 0 Å². The fourth-order valence-electron chi connectivity index (χ4n) is 2.05. The lowest BCUT2D eigenvalue weighted by Gasteiger charge is -2.06. The van der Waals surface area contributed by atoms with Crippen molar-refractivity contribution in [2.24, 2.45) is 0 Å². The number of ether oxygens (including phenoxy) is 1. The van der Waals surface area contributed by atoms with Crippen LogP contribution in [0.3, 0.4) is 0 Å². The van der Waals surface area contributed by atoms with Crippen LogP contribution in [0.4, 0.5) is 4.39 Å². The Morgan fingerprint density at radius 1 is 1.26 bits per heavy atom. The van der Waals surface area contributed by atoms with Gasteiger partial charge >= 0.3 is 5.97 Å². The summed E-state index contributed by atoms with van der Waals surface area (Å²) in [5, 5.41) is 2.70. The number of rotatable bonds is 6. The molecule has 2 aromatic rings. The van der Waals surface area contributed by atoms with E-state index in [0.717, 1.165) is 0 Å². The lowest BCUT2D eigenvalue weighted by Crippen LogP contribution is -2.23. The van der Waals surface area contributed by atoms with E-state index in [2.05, 4.69) is 15.0 Å². The maximum absolute atomic E-state index is 13.5. The normalized spacial score (nSPS) is 10.2. The fraction of sp³-hybridized carbons (Fsp3) is 0.235. The maximum atomic E-state index is 13.5. The molecule has 0 aliphatic rings. The molecule has 120 valence electrons. The number of amides is 1. The zero-order valence-electron chi connectivity index (χ0n) is 12.7. The second-order valence-electron chi connectivity index (χ2n) is 4.90. The number of methoxy groups -OCH3 is 1. The van der Waals surface area contributed by atoms with E-state index in [4.69, 9.17) is 0 Å². The molecule has 5 nitrogen and oxygen atoms in total. The molecule has 0 radical (unpaired) electrons. The highest BCUT2D eigenvalue weighted by Crippen LogP contribution is 2.09. The van der Waals surface area contributed by atoms with Crippen LogP contribution in [0.1, 0.15) is 28.0 Å². The number of nitrogens with one attached hydrogen (secondary N) is 1. The molecule has 1 heterocycles. The smallest absolute Gasteiger partial charge is 0.337 e. The van der Waals surface area contributed by atoms with Crippen molar-refractivity contribution in [1.82, 2.24) is 10.3 Å². The van der Waals surface area contributed by atoms with Gasteiger partial charge in [-0.25, -0.2) is 9.18 Å².